The van der Waals surface area contributed by atoms with Gasteiger partial charge in [-0.1, -0.05) is 36.4 Å². The molecule has 0 unspecified atom stereocenters. The highest BCUT2D eigenvalue weighted by Crippen LogP contribution is 2.39. The molecule has 0 radical (unpaired) electrons. The van der Waals surface area contributed by atoms with Crippen LogP contribution in [-0.2, 0) is 9.98 Å². The summed E-state index contributed by atoms with van der Waals surface area (Å²) in [7, 11) is -3.23. The minimum absolute atomic E-state index is 0.0157. The minimum Gasteiger partial charge on any atom is -0.822 e. The number of hydrogen-bond acceptors (Lipinski definition) is 4. The Balaban J connectivity index is 0.000000431. The Morgan fingerprint density at radius 2 is 1.59 bits per heavy atom. The summed E-state index contributed by atoms with van der Waals surface area (Å²) in [4.78, 5) is 29.1. The molecule has 29 heavy (non-hydrogen) atoms. The number of nitrogens with one attached hydrogen (secondary N) is 1. The molecule has 0 aliphatic carbocycles. The first kappa shape index (κ1) is 21.2. The van der Waals surface area contributed by atoms with Crippen LogP contribution >= 0.6 is 7.82 Å². The first-order valence-electron chi connectivity index (χ1n) is 9.19. The Morgan fingerprint density at radius 3 is 2.24 bits per heavy atom. The second-order valence-electron chi connectivity index (χ2n) is 7.58. The van der Waals surface area contributed by atoms with Crippen LogP contribution in [0.25, 0.3) is 17.0 Å². The third-order valence-electron chi connectivity index (χ3n) is 5.29. The molecule has 1 aliphatic rings. The fourth-order valence-corrected chi connectivity index (χ4v) is 3.98. The van der Waals surface area contributed by atoms with Gasteiger partial charge in [0.1, 0.15) is 7.05 Å². The van der Waals surface area contributed by atoms with Gasteiger partial charge >= 0.3 is 0 Å². The average Bonchev–Trinajstić information content (AvgIpc) is 3.04. The van der Waals surface area contributed by atoms with Crippen molar-refractivity contribution in [1.29, 1.82) is 0 Å². The minimum atomic E-state index is -5.39. The number of benzene rings is 2. The van der Waals surface area contributed by atoms with Crippen molar-refractivity contribution in [2.24, 2.45) is 0 Å². The topological polar surface area (TPSA) is 105 Å². The number of aryl methyl sites for hydroxylation is 1. The molecule has 0 spiro atoms. The molecule has 2 heterocycles. The van der Waals surface area contributed by atoms with E-state index in [1.54, 1.807) is 0 Å². The number of phosphoric acid groups is 1. The van der Waals surface area contributed by atoms with Gasteiger partial charge in [0.2, 0.25) is 5.69 Å². The van der Waals surface area contributed by atoms with Crippen molar-refractivity contribution >= 4 is 36.2 Å². The van der Waals surface area contributed by atoms with Crippen molar-refractivity contribution in [2.45, 2.75) is 26.2 Å². The van der Waals surface area contributed by atoms with Gasteiger partial charge in [-0.2, -0.15) is 12.4 Å². The molecule has 0 saturated heterocycles. The molecule has 0 atom stereocenters. The first-order chi connectivity index (χ1) is 13.5. The van der Waals surface area contributed by atoms with E-state index in [0.29, 0.717) is 0 Å². The fraction of sp³-hybridized carbons (Fsp3) is 0.227. The summed E-state index contributed by atoms with van der Waals surface area (Å²) in [6.45, 7) is 6.75. The lowest BCUT2D eigenvalue weighted by Gasteiger charge is -2.36. The Bertz CT molecular complexity index is 1160. The molecule has 152 valence electrons. The maximum absolute atomic E-state index is 8.55. The highest BCUT2D eigenvalue weighted by Gasteiger charge is 2.42. The second-order valence-corrected chi connectivity index (χ2v) is 8.47. The van der Waals surface area contributed by atoms with E-state index >= 15 is 0 Å². The van der Waals surface area contributed by atoms with Gasteiger partial charge in [-0.3, -0.25) is 0 Å². The van der Waals surface area contributed by atoms with E-state index in [1.807, 2.05) is 0 Å². The van der Waals surface area contributed by atoms with Gasteiger partial charge in [0.15, 0.2) is 5.71 Å². The lowest BCUT2D eigenvalue weighted by molar-refractivity contribution is -0.432. The smallest absolute Gasteiger partial charge is 0.209 e. The normalized spacial score (nSPS) is 15.6. The van der Waals surface area contributed by atoms with Gasteiger partial charge < -0.3 is 24.2 Å². The molecule has 0 bridgehead atoms. The molecule has 0 amide bonds. The monoisotopic (exact) mass is 410 g/mol. The largest absolute Gasteiger partial charge is 0.822 e. The van der Waals surface area contributed by atoms with E-state index in [4.69, 9.17) is 19.2 Å². The number of para-hydroxylation sites is 2. The molecule has 0 saturated carbocycles. The number of rotatable bonds is 2. The van der Waals surface area contributed by atoms with Gasteiger partial charge in [0.05, 0.1) is 5.41 Å². The SMILES string of the molecule is Cc1[nH]c2ccccc2c1/C=C/C1=[N+](C)c2ccccc2C1(C)C.O=P([O-])([O-])[O-]. The van der Waals surface area contributed by atoms with Crippen LogP contribution in [0.15, 0.2) is 54.6 Å². The zero-order valence-electron chi connectivity index (χ0n) is 16.8. The summed E-state index contributed by atoms with van der Waals surface area (Å²) < 4.78 is 10.9. The molecular weight excluding hydrogens is 387 g/mol. The molecule has 1 N–H and O–H groups in total. The highest BCUT2D eigenvalue weighted by molar-refractivity contribution is 7.40. The molecular formula is C22H23N2O4P-2. The van der Waals surface area contributed by atoms with Crippen molar-refractivity contribution in [3.63, 3.8) is 0 Å². The second kappa shape index (κ2) is 7.73. The molecule has 3 aromatic rings. The summed E-state index contributed by atoms with van der Waals surface area (Å²) in [5, 5.41) is 1.28. The first-order valence-corrected chi connectivity index (χ1v) is 10.7. The number of allylic oxidation sites excluding steroid dienone is 1. The zero-order valence-corrected chi connectivity index (χ0v) is 17.7. The van der Waals surface area contributed by atoms with Crippen LogP contribution in [0, 0.1) is 6.92 Å². The van der Waals surface area contributed by atoms with E-state index in [9.17, 15) is 0 Å². The average molecular weight is 410 g/mol. The lowest BCUT2D eigenvalue weighted by Crippen LogP contribution is -2.26. The molecule has 6 nitrogen and oxygen atoms in total. The van der Waals surface area contributed by atoms with E-state index in [0.717, 1.165) is 0 Å². The number of fused-ring (bicyclic) bond motifs is 2. The Labute approximate surface area is 170 Å². The molecule has 4 rings (SSSR count). The maximum atomic E-state index is 8.55. The third-order valence-corrected chi connectivity index (χ3v) is 5.29. The van der Waals surface area contributed by atoms with Crippen molar-refractivity contribution < 1.29 is 23.8 Å². The van der Waals surface area contributed by atoms with E-state index < -0.39 is 7.82 Å². The number of nitrogens with zero attached hydrogens (tertiary/aromatic N) is 1. The maximum Gasteiger partial charge on any atom is 0.209 e. The quantitative estimate of drug-likeness (QED) is 0.517. The molecule has 7 heteroatoms. The molecule has 0 fully saturated rings. The molecule has 1 aromatic heterocycles. The van der Waals surface area contributed by atoms with E-state index in [1.165, 1.54) is 39.1 Å². The summed E-state index contributed by atoms with van der Waals surface area (Å²) in [5.74, 6) is 0. The van der Waals surface area contributed by atoms with Crippen LogP contribution in [0.3, 0.4) is 0 Å². The number of aromatic amines is 1. The standard InChI is InChI=1S/C22H22N2.H3O4P/c1-15-16(17-9-5-7-11-19(17)23-15)13-14-21-22(2,3)18-10-6-8-12-20(18)24(21)4;1-5(2,3)4/h5-14H,1-4H3;(H3,1,2,3,4)/p-2. The van der Waals surface area contributed by atoms with Crippen LogP contribution in [0.2, 0.25) is 0 Å². The number of H-pyrrole nitrogens is 1. The van der Waals surface area contributed by atoms with Gasteiger partial charge in [0.25, 0.3) is 0 Å². The Hall–Kier alpha value is -2.50. The van der Waals surface area contributed by atoms with Crippen LogP contribution in [0.1, 0.15) is 30.7 Å². The Kier molecular flexibility index (Phi) is 5.65. The summed E-state index contributed by atoms with van der Waals surface area (Å²) in [6, 6.07) is 17.2. The summed E-state index contributed by atoms with van der Waals surface area (Å²) >= 11 is 0. The van der Waals surface area contributed by atoms with Gasteiger partial charge in [-0.15, -0.1) is 0 Å². The van der Waals surface area contributed by atoms with Gasteiger partial charge in [-0.05, 0) is 32.9 Å². The van der Waals surface area contributed by atoms with E-state index in [-0.39, 0.29) is 5.41 Å². The van der Waals surface area contributed by atoms with Crippen molar-refractivity contribution in [1.82, 2.24) is 4.98 Å². The van der Waals surface area contributed by atoms with Crippen LogP contribution in [-0.4, -0.2) is 22.3 Å². The van der Waals surface area contributed by atoms with Crippen molar-refractivity contribution in [3.05, 3.63) is 71.4 Å². The molecule has 2 aromatic carbocycles. The zero-order chi connectivity index (χ0) is 21.4. The predicted octanol–water partition coefficient (Wildman–Crippen LogP) is 2.37. The highest BCUT2D eigenvalue weighted by atomic mass is 31.2. The summed E-state index contributed by atoms with van der Waals surface area (Å²) in [6.07, 6.45) is 4.54. The van der Waals surface area contributed by atoms with Crippen LogP contribution in [0.4, 0.5) is 5.69 Å². The van der Waals surface area contributed by atoms with Gasteiger partial charge in [-0.25, -0.2) is 0 Å². The summed E-state index contributed by atoms with van der Waals surface area (Å²) in [5.41, 5.74) is 7.72. The lowest BCUT2D eigenvalue weighted by atomic mass is 9.81. The van der Waals surface area contributed by atoms with Crippen LogP contribution < -0.4 is 14.7 Å². The Morgan fingerprint density at radius 1 is 1.00 bits per heavy atom. The number of hydrogen-bond donors (Lipinski definition) is 1. The van der Waals surface area contributed by atoms with Crippen LogP contribution in [0.5, 0.6) is 0 Å². The van der Waals surface area contributed by atoms with Crippen molar-refractivity contribution in [2.75, 3.05) is 7.05 Å². The van der Waals surface area contributed by atoms with Crippen molar-refractivity contribution in [3.8, 4) is 0 Å². The third kappa shape index (κ3) is 4.41. The van der Waals surface area contributed by atoms with E-state index in [2.05, 4.69) is 98.1 Å². The predicted molar refractivity (Wildman–Crippen MR) is 110 cm³/mol. The molecule has 1 aliphatic heterocycles. The fourth-order valence-electron chi connectivity index (χ4n) is 3.98. The number of aromatic nitrogens is 1. The van der Waals surface area contributed by atoms with Gasteiger partial charge in [0, 0.05) is 39.9 Å².